The third-order valence-electron chi connectivity index (χ3n) is 2.85. The molecule has 2 amide bonds. The number of amidine groups is 1. The highest BCUT2D eigenvalue weighted by molar-refractivity contribution is 8.14. The number of imide groups is 1. The van der Waals surface area contributed by atoms with Crippen molar-refractivity contribution < 1.29 is 9.59 Å². The van der Waals surface area contributed by atoms with E-state index in [1.165, 1.54) is 11.9 Å². The number of nitrogens with one attached hydrogen (secondary N) is 1. The van der Waals surface area contributed by atoms with Crippen LogP contribution < -0.4 is 5.32 Å². The Morgan fingerprint density at radius 2 is 2.31 bits per heavy atom. The summed E-state index contributed by atoms with van der Waals surface area (Å²) in [6.45, 7) is 2.92. The van der Waals surface area contributed by atoms with Gasteiger partial charge in [-0.1, -0.05) is 18.7 Å². The van der Waals surface area contributed by atoms with Crippen molar-refractivity contribution in [1.29, 1.82) is 0 Å². The van der Waals surface area contributed by atoms with Gasteiger partial charge >= 0.3 is 0 Å². The van der Waals surface area contributed by atoms with Crippen molar-refractivity contribution in [3.05, 3.63) is 0 Å². The second kappa shape index (κ2) is 4.45. The number of thioether (sulfide) groups is 1. The minimum atomic E-state index is -0.417. The topological polar surface area (TPSA) is 61.8 Å². The largest absolute Gasteiger partial charge is 0.353 e. The van der Waals surface area contributed by atoms with Crippen molar-refractivity contribution >= 4 is 28.7 Å². The number of rotatable bonds is 2. The second-order valence-electron chi connectivity index (χ2n) is 3.99. The van der Waals surface area contributed by atoms with E-state index in [4.69, 9.17) is 0 Å². The molecule has 2 aliphatic rings. The number of nitrogens with zero attached hydrogens (tertiary/aromatic N) is 2. The zero-order valence-electron chi connectivity index (χ0n) is 9.40. The standard InChI is InChI=1S/C10H15N3O2S/c1-3-6-5-11-10(16-6)12-7-4-8(14)13(2)9(7)15/h6-7H,3-5H2,1-2H3,(H,11,12). The Kier molecular flexibility index (Phi) is 3.18. The number of carbonyl (C=O) groups is 2. The average molecular weight is 241 g/mol. The maximum Gasteiger partial charge on any atom is 0.251 e. The molecule has 2 atom stereocenters. The predicted octanol–water partition coefficient (Wildman–Crippen LogP) is 0.215. The van der Waals surface area contributed by atoms with Gasteiger partial charge in [0.1, 0.15) is 6.04 Å². The average Bonchev–Trinajstić information content (AvgIpc) is 2.81. The maximum absolute atomic E-state index is 11.6. The van der Waals surface area contributed by atoms with E-state index in [1.54, 1.807) is 11.8 Å². The zero-order chi connectivity index (χ0) is 11.7. The van der Waals surface area contributed by atoms with Crippen molar-refractivity contribution in [2.45, 2.75) is 31.1 Å². The number of carbonyl (C=O) groups excluding carboxylic acids is 2. The summed E-state index contributed by atoms with van der Waals surface area (Å²) in [5.41, 5.74) is 0. The fourth-order valence-corrected chi connectivity index (χ4v) is 2.72. The van der Waals surface area contributed by atoms with E-state index in [0.29, 0.717) is 5.25 Å². The summed E-state index contributed by atoms with van der Waals surface area (Å²) in [7, 11) is 1.52. The van der Waals surface area contributed by atoms with E-state index < -0.39 is 6.04 Å². The molecule has 6 heteroatoms. The van der Waals surface area contributed by atoms with Gasteiger partial charge in [0.15, 0.2) is 5.17 Å². The second-order valence-corrected chi connectivity index (χ2v) is 5.28. The maximum atomic E-state index is 11.6. The van der Waals surface area contributed by atoms with Crippen molar-refractivity contribution in [2.24, 2.45) is 4.99 Å². The molecule has 0 aliphatic carbocycles. The normalized spacial score (nSPS) is 29.9. The van der Waals surface area contributed by atoms with Crippen LogP contribution in [0.5, 0.6) is 0 Å². The lowest BCUT2D eigenvalue weighted by atomic mass is 10.2. The molecular weight excluding hydrogens is 226 g/mol. The van der Waals surface area contributed by atoms with Crippen LogP contribution in [0.25, 0.3) is 0 Å². The lowest BCUT2D eigenvalue weighted by Gasteiger charge is -2.12. The highest BCUT2D eigenvalue weighted by atomic mass is 32.2. The van der Waals surface area contributed by atoms with Gasteiger partial charge in [0.2, 0.25) is 5.91 Å². The lowest BCUT2D eigenvalue weighted by molar-refractivity contribution is -0.137. The Labute approximate surface area is 98.7 Å². The Balaban J connectivity index is 1.92. The molecule has 2 unspecified atom stereocenters. The van der Waals surface area contributed by atoms with Crippen LogP contribution in [0.3, 0.4) is 0 Å². The number of hydrogen-bond acceptors (Lipinski definition) is 5. The van der Waals surface area contributed by atoms with Crippen molar-refractivity contribution in [3.8, 4) is 0 Å². The number of aliphatic imine (C=N–C) groups is 1. The third kappa shape index (κ3) is 2.07. The molecule has 0 bridgehead atoms. The first kappa shape index (κ1) is 11.4. The van der Waals surface area contributed by atoms with Crippen LogP contribution in [-0.4, -0.2) is 46.8 Å². The van der Waals surface area contributed by atoms with Gasteiger partial charge in [-0.15, -0.1) is 0 Å². The highest BCUT2D eigenvalue weighted by Crippen LogP contribution is 2.23. The smallest absolute Gasteiger partial charge is 0.251 e. The van der Waals surface area contributed by atoms with Crippen LogP contribution in [0.4, 0.5) is 0 Å². The van der Waals surface area contributed by atoms with Crippen LogP contribution in [0.1, 0.15) is 19.8 Å². The first-order valence-electron chi connectivity index (χ1n) is 5.40. The van der Waals surface area contributed by atoms with Crippen LogP contribution in [0, 0.1) is 0 Å². The Morgan fingerprint density at radius 1 is 1.56 bits per heavy atom. The van der Waals surface area contributed by atoms with Gasteiger partial charge < -0.3 is 5.32 Å². The summed E-state index contributed by atoms with van der Waals surface area (Å²) in [4.78, 5) is 28.4. The molecule has 1 fully saturated rings. The van der Waals surface area contributed by atoms with Gasteiger partial charge in [-0.25, -0.2) is 0 Å². The molecule has 0 radical (unpaired) electrons. The number of hydrogen-bond donors (Lipinski definition) is 1. The summed E-state index contributed by atoms with van der Waals surface area (Å²) >= 11 is 1.66. The monoisotopic (exact) mass is 241 g/mol. The quantitative estimate of drug-likeness (QED) is 0.702. The molecule has 1 N–H and O–H groups in total. The summed E-state index contributed by atoms with van der Waals surface area (Å²) < 4.78 is 0. The van der Waals surface area contributed by atoms with E-state index >= 15 is 0 Å². The molecule has 88 valence electrons. The first-order chi connectivity index (χ1) is 7.61. The van der Waals surface area contributed by atoms with Gasteiger partial charge in [0.25, 0.3) is 5.91 Å². The lowest BCUT2D eigenvalue weighted by Crippen LogP contribution is -2.39. The van der Waals surface area contributed by atoms with E-state index in [1.807, 2.05) is 0 Å². The van der Waals surface area contributed by atoms with Gasteiger partial charge in [-0.05, 0) is 6.42 Å². The van der Waals surface area contributed by atoms with Gasteiger partial charge in [-0.2, -0.15) is 0 Å². The predicted molar refractivity (Wildman–Crippen MR) is 63.3 cm³/mol. The Morgan fingerprint density at radius 3 is 2.81 bits per heavy atom. The van der Waals surface area contributed by atoms with Crippen LogP contribution >= 0.6 is 11.8 Å². The van der Waals surface area contributed by atoms with E-state index in [2.05, 4.69) is 17.2 Å². The molecule has 0 saturated carbocycles. The minimum Gasteiger partial charge on any atom is -0.353 e. The molecule has 0 aromatic carbocycles. The van der Waals surface area contributed by atoms with Crippen molar-refractivity contribution in [1.82, 2.24) is 10.2 Å². The molecule has 16 heavy (non-hydrogen) atoms. The van der Waals surface area contributed by atoms with Gasteiger partial charge in [0, 0.05) is 12.3 Å². The van der Waals surface area contributed by atoms with Gasteiger partial charge in [-0.3, -0.25) is 19.5 Å². The molecule has 1 saturated heterocycles. The van der Waals surface area contributed by atoms with Crippen LogP contribution in [0.15, 0.2) is 4.99 Å². The molecule has 2 rings (SSSR count). The minimum absolute atomic E-state index is 0.127. The van der Waals surface area contributed by atoms with E-state index in [0.717, 1.165) is 18.1 Å². The van der Waals surface area contributed by atoms with Crippen LogP contribution in [-0.2, 0) is 9.59 Å². The fourth-order valence-electron chi connectivity index (χ4n) is 1.73. The third-order valence-corrected chi connectivity index (χ3v) is 4.14. The van der Waals surface area contributed by atoms with Gasteiger partial charge in [0.05, 0.1) is 13.0 Å². The molecule has 0 aromatic rings. The Bertz CT molecular complexity index is 356. The zero-order valence-corrected chi connectivity index (χ0v) is 10.2. The highest BCUT2D eigenvalue weighted by Gasteiger charge is 2.37. The van der Waals surface area contributed by atoms with E-state index in [-0.39, 0.29) is 18.2 Å². The molecular formula is C10H15N3O2S. The molecule has 2 heterocycles. The summed E-state index contributed by atoms with van der Waals surface area (Å²) in [6.07, 6.45) is 1.31. The summed E-state index contributed by atoms with van der Waals surface area (Å²) in [5, 5.41) is 4.36. The van der Waals surface area contributed by atoms with E-state index in [9.17, 15) is 9.59 Å². The van der Waals surface area contributed by atoms with Crippen molar-refractivity contribution in [3.63, 3.8) is 0 Å². The summed E-state index contributed by atoms with van der Waals surface area (Å²) in [5.74, 6) is -0.286. The van der Waals surface area contributed by atoms with Crippen LogP contribution in [0.2, 0.25) is 0 Å². The number of likely N-dealkylation sites (tertiary alicyclic amines) is 1. The summed E-state index contributed by atoms with van der Waals surface area (Å²) in [6, 6.07) is -0.417. The SMILES string of the molecule is CCC1CN=C(NC2CC(=O)N(C)C2=O)S1. The van der Waals surface area contributed by atoms with Crippen molar-refractivity contribution in [2.75, 3.05) is 13.6 Å². The molecule has 2 aliphatic heterocycles. The number of likely N-dealkylation sites (N-methyl/N-ethyl adjacent to an activating group) is 1. The fraction of sp³-hybridized carbons (Fsp3) is 0.700. The Hall–Kier alpha value is -1.04. The first-order valence-corrected chi connectivity index (χ1v) is 6.27. The molecule has 0 aromatic heterocycles. The molecule has 0 spiro atoms. The number of amides is 2. The molecule has 5 nitrogen and oxygen atoms in total.